The quantitative estimate of drug-likeness (QED) is 0.239. The molecule has 0 N–H and O–H groups in total. The number of likely N-dealkylation sites (tertiary alicyclic amines) is 1. The summed E-state index contributed by atoms with van der Waals surface area (Å²) < 4.78 is 6.36. The summed E-state index contributed by atoms with van der Waals surface area (Å²) >= 11 is 0. The first-order chi connectivity index (χ1) is 23.1. The number of rotatable bonds is 8. The number of amides is 1. The zero-order valence-corrected chi connectivity index (χ0v) is 27.0. The minimum absolute atomic E-state index is 0.0962. The number of aromatic nitrogens is 3. The van der Waals surface area contributed by atoms with Crippen LogP contribution in [0.5, 0.6) is 6.01 Å². The van der Waals surface area contributed by atoms with Crippen molar-refractivity contribution in [3.63, 3.8) is 0 Å². The number of hydrogen-bond acceptors (Lipinski definition) is 8. The van der Waals surface area contributed by atoms with Gasteiger partial charge in [0.2, 0.25) is 5.91 Å². The number of piperazine rings is 1. The standard InChI is InChI=1S/C38H41N7O2/c1-43-20-6-10-31(43)26-47-38-41-35-23-29(33-12-4-9-28-8-2-3-11-32(28)33)14-15-34(35)37(42-38)44-21-22-45(30(25-44)17-18-39)36(46)16-13-27-7-5-19-40-24-27/h2-5,7-9,11-13,16,19,24,29-31H,6,10,14-15,17,20-23,25-26H2,1H3/b16-13+/t29-,30-,31-/m0/s1. The maximum Gasteiger partial charge on any atom is 0.318 e. The fourth-order valence-electron chi connectivity index (χ4n) is 7.49. The van der Waals surface area contributed by atoms with Gasteiger partial charge in [0, 0.05) is 49.7 Å². The first kappa shape index (κ1) is 30.8. The number of anilines is 1. The molecular weight excluding hydrogens is 586 g/mol. The maximum atomic E-state index is 13.3. The molecule has 4 heterocycles. The Morgan fingerprint density at radius 1 is 1.04 bits per heavy atom. The third kappa shape index (κ3) is 6.70. The lowest BCUT2D eigenvalue weighted by molar-refractivity contribution is -0.128. The SMILES string of the molecule is CN1CCC[C@H]1COc1nc2c(c(N3CCN(C(=O)/C=C/c4cccnc4)[C@@H](CC#N)C3)n1)CC[C@H](c1cccc3ccccc13)C2. The molecule has 1 aliphatic carbocycles. The van der Waals surface area contributed by atoms with Crippen molar-refractivity contribution in [3.05, 3.63) is 95.5 Å². The molecule has 9 nitrogen and oxygen atoms in total. The molecule has 0 unspecified atom stereocenters. The van der Waals surface area contributed by atoms with E-state index in [0.29, 0.717) is 44.2 Å². The highest BCUT2D eigenvalue weighted by molar-refractivity contribution is 5.92. The normalized spacial score (nSPS) is 21.6. The molecule has 2 aromatic heterocycles. The Bertz CT molecular complexity index is 1800. The van der Waals surface area contributed by atoms with E-state index in [9.17, 15) is 10.1 Å². The average molecular weight is 628 g/mol. The van der Waals surface area contributed by atoms with Crippen molar-refractivity contribution < 1.29 is 9.53 Å². The van der Waals surface area contributed by atoms with Crippen molar-refractivity contribution in [2.75, 3.05) is 44.7 Å². The van der Waals surface area contributed by atoms with E-state index < -0.39 is 0 Å². The molecule has 7 rings (SSSR count). The molecule has 2 aromatic carbocycles. The van der Waals surface area contributed by atoms with E-state index in [2.05, 4.69) is 70.4 Å². The van der Waals surface area contributed by atoms with Gasteiger partial charge in [0.15, 0.2) is 0 Å². The number of benzene rings is 2. The molecule has 2 saturated heterocycles. The summed E-state index contributed by atoms with van der Waals surface area (Å²) in [6.45, 7) is 3.29. The van der Waals surface area contributed by atoms with Crippen LogP contribution in [0.4, 0.5) is 5.82 Å². The van der Waals surface area contributed by atoms with Crippen LogP contribution < -0.4 is 9.64 Å². The number of carbonyl (C=O) groups excluding carboxylic acids is 1. The topological polar surface area (TPSA) is 98.5 Å². The highest BCUT2D eigenvalue weighted by Gasteiger charge is 2.34. The van der Waals surface area contributed by atoms with Crippen LogP contribution in [0.15, 0.2) is 73.1 Å². The molecule has 2 fully saturated rings. The van der Waals surface area contributed by atoms with Gasteiger partial charge in [0.25, 0.3) is 0 Å². The van der Waals surface area contributed by atoms with Crippen molar-refractivity contribution in [2.24, 2.45) is 0 Å². The second-order valence-corrected chi connectivity index (χ2v) is 13.0. The van der Waals surface area contributed by atoms with Crippen LogP contribution in [-0.2, 0) is 17.6 Å². The molecule has 3 atom stereocenters. The molecule has 240 valence electrons. The Labute approximate surface area is 276 Å². The van der Waals surface area contributed by atoms with Crippen molar-refractivity contribution in [1.29, 1.82) is 5.26 Å². The van der Waals surface area contributed by atoms with Gasteiger partial charge in [-0.3, -0.25) is 9.78 Å². The van der Waals surface area contributed by atoms with Crippen molar-refractivity contribution in [3.8, 4) is 12.1 Å². The van der Waals surface area contributed by atoms with Crippen LogP contribution >= 0.6 is 0 Å². The summed E-state index contributed by atoms with van der Waals surface area (Å²) in [6.07, 6.45) is 12.0. The van der Waals surface area contributed by atoms with Gasteiger partial charge in [-0.25, -0.2) is 0 Å². The van der Waals surface area contributed by atoms with Gasteiger partial charge in [0.05, 0.1) is 24.2 Å². The summed E-state index contributed by atoms with van der Waals surface area (Å²) in [5.74, 6) is 1.14. The average Bonchev–Trinajstić information content (AvgIpc) is 3.53. The Kier molecular flexibility index (Phi) is 9.11. The number of nitrogens with zero attached hydrogens (tertiary/aromatic N) is 7. The first-order valence-corrected chi connectivity index (χ1v) is 16.8. The number of ether oxygens (including phenoxy) is 1. The number of pyridine rings is 1. The van der Waals surface area contributed by atoms with E-state index in [0.717, 1.165) is 49.3 Å². The number of likely N-dealkylation sites (N-methyl/N-ethyl adjacent to an activating group) is 1. The van der Waals surface area contributed by atoms with E-state index in [1.807, 2.05) is 17.0 Å². The Balaban J connectivity index is 1.16. The molecule has 3 aliphatic rings. The smallest absolute Gasteiger partial charge is 0.318 e. The predicted octanol–water partition coefficient (Wildman–Crippen LogP) is 5.41. The van der Waals surface area contributed by atoms with Crippen molar-refractivity contribution >= 4 is 28.6 Å². The summed E-state index contributed by atoms with van der Waals surface area (Å²) in [4.78, 5) is 34.0. The van der Waals surface area contributed by atoms with Crippen LogP contribution in [0.1, 0.15) is 54.0 Å². The van der Waals surface area contributed by atoms with E-state index in [4.69, 9.17) is 14.7 Å². The zero-order valence-electron chi connectivity index (χ0n) is 27.0. The van der Waals surface area contributed by atoms with Gasteiger partial charge in [-0.05, 0) is 85.7 Å². The van der Waals surface area contributed by atoms with Gasteiger partial charge in [-0.1, -0.05) is 48.5 Å². The van der Waals surface area contributed by atoms with Crippen LogP contribution in [0.3, 0.4) is 0 Å². The highest BCUT2D eigenvalue weighted by atomic mass is 16.5. The van der Waals surface area contributed by atoms with Crippen molar-refractivity contribution in [1.82, 2.24) is 24.8 Å². The Morgan fingerprint density at radius 2 is 1.94 bits per heavy atom. The highest BCUT2D eigenvalue weighted by Crippen LogP contribution is 2.39. The summed E-state index contributed by atoms with van der Waals surface area (Å²) in [7, 11) is 2.15. The van der Waals surface area contributed by atoms with Gasteiger partial charge < -0.3 is 19.4 Å². The number of nitriles is 1. The van der Waals surface area contributed by atoms with E-state index in [1.165, 1.54) is 28.3 Å². The Morgan fingerprint density at radius 3 is 2.77 bits per heavy atom. The fraction of sp³-hybridized carbons (Fsp3) is 0.395. The monoisotopic (exact) mass is 627 g/mol. The lowest BCUT2D eigenvalue weighted by Gasteiger charge is -2.42. The third-order valence-electron chi connectivity index (χ3n) is 10.1. The molecule has 9 heteroatoms. The van der Waals surface area contributed by atoms with Gasteiger partial charge in [-0.2, -0.15) is 15.2 Å². The lowest BCUT2D eigenvalue weighted by Crippen LogP contribution is -2.55. The number of fused-ring (bicyclic) bond motifs is 2. The van der Waals surface area contributed by atoms with Crippen molar-refractivity contribution in [2.45, 2.75) is 56.5 Å². The molecular formula is C38H41N7O2. The Hall–Kier alpha value is -4.81. The maximum absolute atomic E-state index is 13.3. The molecule has 1 amide bonds. The van der Waals surface area contributed by atoms with E-state index in [-0.39, 0.29) is 18.4 Å². The molecule has 0 radical (unpaired) electrons. The molecule has 4 aromatic rings. The summed E-state index contributed by atoms with van der Waals surface area (Å²) in [5.41, 5.74) is 4.44. The minimum atomic E-state index is -0.256. The predicted molar refractivity (Wildman–Crippen MR) is 183 cm³/mol. The number of carbonyl (C=O) groups is 1. The molecule has 2 aliphatic heterocycles. The fourth-order valence-corrected chi connectivity index (χ4v) is 7.49. The lowest BCUT2D eigenvalue weighted by atomic mass is 9.80. The van der Waals surface area contributed by atoms with E-state index >= 15 is 0 Å². The first-order valence-electron chi connectivity index (χ1n) is 16.8. The van der Waals surface area contributed by atoms with Gasteiger partial charge in [0.1, 0.15) is 12.4 Å². The molecule has 0 saturated carbocycles. The van der Waals surface area contributed by atoms with Gasteiger partial charge >= 0.3 is 6.01 Å². The molecule has 0 spiro atoms. The van der Waals surface area contributed by atoms with Crippen LogP contribution in [0.25, 0.3) is 16.8 Å². The second kappa shape index (κ2) is 13.9. The summed E-state index contributed by atoms with van der Waals surface area (Å²) in [6, 6.07) is 21.8. The third-order valence-corrected chi connectivity index (χ3v) is 10.1. The zero-order chi connectivity index (χ0) is 32.2. The molecule has 47 heavy (non-hydrogen) atoms. The van der Waals surface area contributed by atoms with Gasteiger partial charge in [-0.15, -0.1) is 0 Å². The van der Waals surface area contributed by atoms with E-state index in [1.54, 1.807) is 24.5 Å². The minimum Gasteiger partial charge on any atom is -0.462 e. The van der Waals surface area contributed by atoms with Crippen LogP contribution in [0.2, 0.25) is 0 Å². The van der Waals surface area contributed by atoms with Crippen LogP contribution in [-0.4, -0.2) is 82.6 Å². The molecule has 0 bridgehead atoms. The largest absolute Gasteiger partial charge is 0.462 e. The second-order valence-electron chi connectivity index (χ2n) is 13.0. The number of hydrogen-bond donors (Lipinski definition) is 0. The summed E-state index contributed by atoms with van der Waals surface area (Å²) in [5, 5.41) is 12.3. The van der Waals surface area contributed by atoms with Crippen LogP contribution in [0, 0.1) is 11.3 Å².